The Bertz CT molecular complexity index is 315. The zero-order chi connectivity index (χ0) is 11.9. The lowest BCUT2D eigenvalue weighted by Crippen LogP contribution is -2.45. The molecule has 96 valence electrons. The second-order valence-corrected chi connectivity index (χ2v) is 6.12. The number of aliphatic hydroxyl groups excluding tert-OH is 1. The van der Waals surface area contributed by atoms with Crippen LogP contribution in [0.4, 0.5) is 0 Å². The maximum atomic E-state index is 12.1. The van der Waals surface area contributed by atoms with Gasteiger partial charge in [-0.25, -0.2) is 0 Å². The van der Waals surface area contributed by atoms with Crippen molar-refractivity contribution in [3.05, 3.63) is 0 Å². The van der Waals surface area contributed by atoms with Crippen LogP contribution in [-0.4, -0.2) is 36.8 Å². The first-order chi connectivity index (χ1) is 8.24. The fourth-order valence-corrected chi connectivity index (χ4v) is 3.43. The zero-order valence-corrected chi connectivity index (χ0v) is 10.2. The Hall–Kier alpha value is -0.610. The number of aliphatic hydroxyl groups is 1. The SMILES string of the molecule is O=C(NCC1(CO)CC1)C1NCC2CCCC21. The largest absolute Gasteiger partial charge is 0.396 e. The molecule has 17 heavy (non-hydrogen) atoms. The monoisotopic (exact) mass is 238 g/mol. The molecule has 0 radical (unpaired) electrons. The Balaban J connectivity index is 1.52. The van der Waals surface area contributed by atoms with E-state index in [9.17, 15) is 9.90 Å². The molecule has 0 aromatic heterocycles. The van der Waals surface area contributed by atoms with Crippen LogP contribution in [0.1, 0.15) is 32.1 Å². The van der Waals surface area contributed by atoms with Gasteiger partial charge in [-0.3, -0.25) is 4.79 Å². The zero-order valence-electron chi connectivity index (χ0n) is 10.2. The molecule has 1 amide bonds. The Kier molecular flexibility index (Phi) is 2.87. The van der Waals surface area contributed by atoms with Crippen LogP contribution < -0.4 is 10.6 Å². The molecule has 3 rings (SSSR count). The van der Waals surface area contributed by atoms with Gasteiger partial charge in [-0.05, 0) is 44.1 Å². The normalized spacial score (nSPS) is 37.8. The van der Waals surface area contributed by atoms with E-state index in [1.807, 2.05) is 0 Å². The standard InChI is InChI=1S/C13H22N2O2/c16-8-13(4-5-13)7-15-12(17)11-10-3-1-2-9(10)6-14-11/h9-11,14,16H,1-8H2,(H,15,17). The molecule has 0 aromatic rings. The first kappa shape index (κ1) is 11.5. The average molecular weight is 238 g/mol. The lowest BCUT2D eigenvalue weighted by atomic mass is 9.93. The summed E-state index contributed by atoms with van der Waals surface area (Å²) in [6.45, 7) is 1.86. The van der Waals surface area contributed by atoms with Gasteiger partial charge in [0.1, 0.15) is 0 Å². The second-order valence-electron chi connectivity index (χ2n) is 6.12. The summed E-state index contributed by atoms with van der Waals surface area (Å²) < 4.78 is 0. The van der Waals surface area contributed by atoms with E-state index in [4.69, 9.17) is 0 Å². The molecule has 0 bridgehead atoms. The number of rotatable bonds is 4. The molecule has 4 heteroatoms. The van der Waals surface area contributed by atoms with Crippen molar-refractivity contribution in [2.45, 2.75) is 38.1 Å². The van der Waals surface area contributed by atoms with Crippen LogP contribution in [0.3, 0.4) is 0 Å². The highest BCUT2D eigenvalue weighted by molar-refractivity contribution is 5.82. The first-order valence-electron chi connectivity index (χ1n) is 6.86. The average Bonchev–Trinajstić information content (AvgIpc) is 2.78. The number of carbonyl (C=O) groups is 1. The third-order valence-corrected chi connectivity index (χ3v) is 4.96. The number of fused-ring (bicyclic) bond motifs is 1. The van der Waals surface area contributed by atoms with Crippen molar-refractivity contribution in [1.82, 2.24) is 10.6 Å². The van der Waals surface area contributed by atoms with Crippen molar-refractivity contribution < 1.29 is 9.90 Å². The van der Waals surface area contributed by atoms with Crippen LogP contribution in [0.25, 0.3) is 0 Å². The number of hydrogen-bond donors (Lipinski definition) is 3. The van der Waals surface area contributed by atoms with Crippen molar-refractivity contribution >= 4 is 5.91 Å². The second kappa shape index (κ2) is 4.25. The summed E-state index contributed by atoms with van der Waals surface area (Å²) in [6, 6.07) is 0.0250. The van der Waals surface area contributed by atoms with E-state index in [-0.39, 0.29) is 24.0 Å². The fraction of sp³-hybridized carbons (Fsp3) is 0.923. The van der Waals surface area contributed by atoms with Crippen LogP contribution >= 0.6 is 0 Å². The van der Waals surface area contributed by atoms with Crippen LogP contribution in [0.5, 0.6) is 0 Å². The van der Waals surface area contributed by atoms with Crippen molar-refractivity contribution in [1.29, 1.82) is 0 Å². The van der Waals surface area contributed by atoms with Crippen LogP contribution in [0, 0.1) is 17.3 Å². The third kappa shape index (κ3) is 2.08. The van der Waals surface area contributed by atoms with Gasteiger partial charge < -0.3 is 15.7 Å². The van der Waals surface area contributed by atoms with E-state index < -0.39 is 0 Å². The molecule has 3 fully saturated rings. The lowest BCUT2D eigenvalue weighted by molar-refractivity contribution is -0.124. The molecular formula is C13H22N2O2. The van der Waals surface area contributed by atoms with E-state index >= 15 is 0 Å². The number of carbonyl (C=O) groups excluding carboxylic acids is 1. The summed E-state index contributed by atoms with van der Waals surface area (Å²) >= 11 is 0. The molecule has 0 aromatic carbocycles. The molecule has 2 aliphatic carbocycles. The van der Waals surface area contributed by atoms with Gasteiger partial charge in [0.25, 0.3) is 0 Å². The summed E-state index contributed by atoms with van der Waals surface area (Å²) in [5, 5.41) is 15.6. The summed E-state index contributed by atoms with van der Waals surface area (Å²) in [6.07, 6.45) is 5.85. The lowest BCUT2D eigenvalue weighted by Gasteiger charge is -2.20. The van der Waals surface area contributed by atoms with E-state index in [2.05, 4.69) is 10.6 Å². The maximum absolute atomic E-state index is 12.1. The molecule has 1 heterocycles. The Morgan fingerprint density at radius 1 is 1.41 bits per heavy atom. The summed E-state index contributed by atoms with van der Waals surface area (Å²) in [7, 11) is 0. The molecule has 3 aliphatic rings. The molecule has 2 saturated carbocycles. The minimum Gasteiger partial charge on any atom is -0.396 e. The van der Waals surface area contributed by atoms with E-state index in [1.165, 1.54) is 19.3 Å². The predicted octanol–water partition coefficient (Wildman–Crippen LogP) is 0.263. The van der Waals surface area contributed by atoms with Gasteiger partial charge >= 0.3 is 0 Å². The highest BCUT2D eigenvalue weighted by Crippen LogP contribution is 2.44. The van der Waals surface area contributed by atoms with Gasteiger partial charge in [0.15, 0.2) is 0 Å². The summed E-state index contributed by atoms with van der Waals surface area (Å²) in [4.78, 5) is 12.1. The summed E-state index contributed by atoms with van der Waals surface area (Å²) in [5.74, 6) is 1.43. The molecule has 1 aliphatic heterocycles. The van der Waals surface area contributed by atoms with Crippen molar-refractivity contribution in [3.63, 3.8) is 0 Å². The minimum atomic E-state index is 0.0172. The smallest absolute Gasteiger partial charge is 0.237 e. The Morgan fingerprint density at radius 2 is 2.24 bits per heavy atom. The predicted molar refractivity (Wildman–Crippen MR) is 64.4 cm³/mol. The first-order valence-corrected chi connectivity index (χ1v) is 6.86. The molecular weight excluding hydrogens is 216 g/mol. The highest BCUT2D eigenvalue weighted by atomic mass is 16.3. The number of hydrogen-bond acceptors (Lipinski definition) is 3. The van der Waals surface area contributed by atoms with Gasteiger partial charge in [-0.2, -0.15) is 0 Å². The topological polar surface area (TPSA) is 61.4 Å². The van der Waals surface area contributed by atoms with Crippen LogP contribution in [0.15, 0.2) is 0 Å². The van der Waals surface area contributed by atoms with Gasteiger partial charge in [-0.15, -0.1) is 0 Å². The molecule has 0 spiro atoms. The van der Waals surface area contributed by atoms with Crippen molar-refractivity contribution in [2.24, 2.45) is 17.3 Å². The van der Waals surface area contributed by atoms with E-state index in [0.29, 0.717) is 12.5 Å². The van der Waals surface area contributed by atoms with Gasteiger partial charge in [-0.1, -0.05) is 6.42 Å². The Morgan fingerprint density at radius 3 is 2.94 bits per heavy atom. The van der Waals surface area contributed by atoms with Crippen LogP contribution in [-0.2, 0) is 4.79 Å². The van der Waals surface area contributed by atoms with Crippen molar-refractivity contribution in [2.75, 3.05) is 19.7 Å². The molecule has 3 N–H and O–H groups in total. The number of nitrogens with one attached hydrogen (secondary N) is 2. The minimum absolute atomic E-state index is 0.0172. The van der Waals surface area contributed by atoms with Gasteiger partial charge in [0.2, 0.25) is 5.91 Å². The van der Waals surface area contributed by atoms with Crippen LogP contribution in [0.2, 0.25) is 0 Å². The quantitative estimate of drug-likeness (QED) is 0.658. The van der Waals surface area contributed by atoms with E-state index in [1.54, 1.807) is 0 Å². The van der Waals surface area contributed by atoms with E-state index in [0.717, 1.165) is 25.3 Å². The van der Waals surface area contributed by atoms with Crippen molar-refractivity contribution in [3.8, 4) is 0 Å². The number of amides is 1. The molecule has 1 saturated heterocycles. The van der Waals surface area contributed by atoms with Gasteiger partial charge in [0.05, 0.1) is 12.6 Å². The van der Waals surface area contributed by atoms with Gasteiger partial charge in [0, 0.05) is 12.0 Å². The highest BCUT2D eigenvalue weighted by Gasteiger charge is 2.45. The molecule has 4 nitrogen and oxygen atoms in total. The molecule has 3 unspecified atom stereocenters. The third-order valence-electron chi connectivity index (χ3n) is 4.96. The Labute approximate surface area is 102 Å². The summed E-state index contributed by atoms with van der Waals surface area (Å²) in [5.41, 5.74) is 0.0172. The molecule has 3 atom stereocenters. The maximum Gasteiger partial charge on any atom is 0.237 e. The fourth-order valence-electron chi connectivity index (χ4n) is 3.43.